The summed E-state index contributed by atoms with van der Waals surface area (Å²) < 4.78 is 0. The normalized spacial score (nSPS) is 22.6. The maximum atomic E-state index is 12.6. The van der Waals surface area contributed by atoms with Crippen molar-refractivity contribution >= 4 is 11.6 Å². The Labute approximate surface area is 109 Å². The van der Waals surface area contributed by atoms with Crippen LogP contribution in [0.3, 0.4) is 0 Å². The topological polar surface area (TPSA) is 32.3 Å². The number of carbonyl (C=O) groups is 1. The Kier molecular flexibility index (Phi) is 3.44. The van der Waals surface area contributed by atoms with Crippen molar-refractivity contribution in [3.8, 4) is 0 Å². The lowest BCUT2D eigenvalue weighted by Gasteiger charge is -2.32. The van der Waals surface area contributed by atoms with Gasteiger partial charge in [0.25, 0.3) is 0 Å². The summed E-state index contributed by atoms with van der Waals surface area (Å²) in [5.41, 5.74) is 2.25. The summed E-state index contributed by atoms with van der Waals surface area (Å²) in [6.45, 7) is 7.05. The van der Waals surface area contributed by atoms with Gasteiger partial charge in [-0.15, -0.1) is 0 Å². The van der Waals surface area contributed by atoms with Crippen LogP contribution in [0.15, 0.2) is 24.3 Å². The highest BCUT2D eigenvalue weighted by Crippen LogP contribution is 2.36. The van der Waals surface area contributed by atoms with Crippen molar-refractivity contribution in [1.29, 1.82) is 0 Å². The Morgan fingerprint density at radius 3 is 2.67 bits per heavy atom. The second kappa shape index (κ2) is 4.73. The molecule has 1 aliphatic rings. The van der Waals surface area contributed by atoms with Crippen molar-refractivity contribution in [3.05, 3.63) is 29.8 Å². The number of amides is 1. The van der Waals surface area contributed by atoms with Crippen molar-refractivity contribution in [2.75, 3.05) is 18.5 Å². The number of likely N-dealkylation sites (N-methyl/N-ethyl adjacent to an activating group) is 2. The molecule has 0 saturated carbocycles. The molecule has 3 heteroatoms. The summed E-state index contributed by atoms with van der Waals surface area (Å²) in [7, 11) is 1.87. The minimum Gasteiger partial charge on any atom is -0.311 e. The van der Waals surface area contributed by atoms with Gasteiger partial charge >= 0.3 is 0 Å². The number of para-hydroxylation sites is 1. The first-order chi connectivity index (χ1) is 8.51. The van der Waals surface area contributed by atoms with Crippen LogP contribution in [0.2, 0.25) is 0 Å². The van der Waals surface area contributed by atoms with Gasteiger partial charge in [-0.05, 0) is 37.4 Å². The van der Waals surface area contributed by atoms with Gasteiger partial charge in [0.15, 0.2) is 0 Å². The van der Waals surface area contributed by atoms with E-state index in [-0.39, 0.29) is 17.4 Å². The second-order valence-corrected chi connectivity index (χ2v) is 5.60. The number of benzene rings is 1. The molecule has 1 N–H and O–H groups in total. The van der Waals surface area contributed by atoms with E-state index < -0.39 is 0 Å². The summed E-state index contributed by atoms with van der Waals surface area (Å²) in [5.74, 6) is 0.176. The van der Waals surface area contributed by atoms with Gasteiger partial charge in [0.1, 0.15) is 0 Å². The maximum absolute atomic E-state index is 12.6. The monoisotopic (exact) mass is 246 g/mol. The molecular weight excluding hydrogens is 224 g/mol. The average molecular weight is 246 g/mol. The standard InChI is InChI=1S/C15H22N2O/c1-5-17-12-9-7-6-8-11(12)10-15(2,3)13(16-4)14(17)18/h6-9,13,16H,5,10H2,1-4H3. The molecule has 1 aromatic rings. The van der Waals surface area contributed by atoms with Crippen molar-refractivity contribution in [3.63, 3.8) is 0 Å². The Morgan fingerprint density at radius 1 is 1.39 bits per heavy atom. The Bertz CT molecular complexity index is 454. The highest BCUT2D eigenvalue weighted by atomic mass is 16.2. The van der Waals surface area contributed by atoms with Gasteiger partial charge < -0.3 is 10.2 Å². The molecule has 1 unspecified atom stereocenters. The number of nitrogens with one attached hydrogen (secondary N) is 1. The largest absolute Gasteiger partial charge is 0.311 e. The van der Waals surface area contributed by atoms with E-state index in [1.807, 2.05) is 37.1 Å². The van der Waals surface area contributed by atoms with Gasteiger partial charge in [-0.25, -0.2) is 0 Å². The SMILES string of the molecule is CCN1C(=O)C(NC)C(C)(C)Cc2ccccc21. The lowest BCUT2D eigenvalue weighted by molar-refractivity contribution is -0.122. The third-order valence-corrected chi connectivity index (χ3v) is 3.83. The summed E-state index contributed by atoms with van der Waals surface area (Å²) >= 11 is 0. The molecule has 0 spiro atoms. The van der Waals surface area contributed by atoms with E-state index in [4.69, 9.17) is 0 Å². The number of nitrogens with zero attached hydrogens (tertiary/aromatic N) is 1. The van der Waals surface area contributed by atoms with E-state index in [1.54, 1.807) is 0 Å². The molecule has 0 aliphatic carbocycles. The van der Waals surface area contributed by atoms with Crippen LogP contribution in [-0.4, -0.2) is 25.5 Å². The number of rotatable bonds is 2. The Hall–Kier alpha value is -1.35. The number of anilines is 1. The van der Waals surface area contributed by atoms with Crippen LogP contribution in [0.5, 0.6) is 0 Å². The molecular formula is C15H22N2O. The van der Waals surface area contributed by atoms with Gasteiger partial charge in [0, 0.05) is 12.2 Å². The van der Waals surface area contributed by atoms with Crippen LogP contribution in [-0.2, 0) is 11.2 Å². The Morgan fingerprint density at radius 2 is 2.06 bits per heavy atom. The molecule has 1 amide bonds. The fourth-order valence-electron chi connectivity index (χ4n) is 2.97. The molecule has 0 radical (unpaired) electrons. The van der Waals surface area contributed by atoms with Crippen LogP contribution in [0.4, 0.5) is 5.69 Å². The molecule has 2 rings (SSSR count). The molecule has 0 saturated heterocycles. The minimum absolute atomic E-state index is 0.0775. The quantitative estimate of drug-likeness (QED) is 0.867. The smallest absolute Gasteiger partial charge is 0.244 e. The average Bonchev–Trinajstić information content (AvgIpc) is 2.39. The van der Waals surface area contributed by atoms with Crippen LogP contribution < -0.4 is 10.2 Å². The second-order valence-electron chi connectivity index (χ2n) is 5.60. The molecule has 1 aliphatic heterocycles. The fourth-order valence-corrected chi connectivity index (χ4v) is 2.97. The zero-order chi connectivity index (χ0) is 13.3. The Balaban J connectivity index is 2.55. The highest BCUT2D eigenvalue weighted by Gasteiger charge is 2.40. The van der Waals surface area contributed by atoms with E-state index in [2.05, 4.69) is 25.2 Å². The molecule has 1 aromatic carbocycles. The first kappa shape index (κ1) is 13.1. The first-order valence-corrected chi connectivity index (χ1v) is 6.58. The first-order valence-electron chi connectivity index (χ1n) is 6.58. The number of fused-ring (bicyclic) bond motifs is 1. The predicted molar refractivity (Wildman–Crippen MR) is 74.8 cm³/mol. The number of hydrogen-bond donors (Lipinski definition) is 1. The molecule has 1 heterocycles. The lowest BCUT2D eigenvalue weighted by Crippen LogP contribution is -2.52. The van der Waals surface area contributed by atoms with Crippen LogP contribution in [0.1, 0.15) is 26.3 Å². The van der Waals surface area contributed by atoms with Crippen LogP contribution in [0.25, 0.3) is 0 Å². The van der Waals surface area contributed by atoms with Crippen molar-refractivity contribution in [2.24, 2.45) is 5.41 Å². The van der Waals surface area contributed by atoms with Gasteiger partial charge in [-0.2, -0.15) is 0 Å². The molecule has 98 valence electrons. The third-order valence-electron chi connectivity index (χ3n) is 3.83. The molecule has 1 atom stereocenters. The number of hydrogen-bond acceptors (Lipinski definition) is 2. The maximum Gasteiger partial charge on any atom is 0.244 e. The van der Waals surface area contributed by atoms with Gasteiger partial charge in [0.2, 0.25) is 5.91 Å². The van der Waals surface area contributed by atoms with Crippen LogP contribution in [0, 0.1) is 5.41 Å². The number of carbonyl (C=O) groups excluding carboxylic acids is 1. The molecule has 3 nitrogen and oxygen atoms in total. The summed E-state index contributed by atoms with van der Waals surface area (Å²) in [6.07, 6.45) is 0.914. The van der Waals surface area contributed by atoms with Crippen molar-refractivity contribution < 1.29 is 4.79 Å². The van der Waals surface area contributed by atoms with E-state index >= 15 is 0 Å². The lowest BCUT2D eigenvalue weighted by atomic mass is 9.79. The molecule has 0 bridgehead atoms. The third kappa shape index (κ3) is 2.03. The zero-order valence-electron chi connectivity index (χ0n) is 11.7. The summed E-state index contributed by atoms with van der Waals surface area (Å²) in [6, 6.07) is 8.09. The van der Waals surface area contributed by atoms with E-state index in [0.29, 0.717) is 6.54 Å². The van der Waals surface area contributed by atoms with E-state index in [1.165, 1.54) is 5.56 Å². The van der Waals surface area contributed by atoms with E-state index in [9.17, 15) is 4.79 Å². The summed E-state index contributed by atoms with van der Waals surface area (Å²) in [5, 5.41) is 3.19. The molecule has 0 fully saturated rings. The molecule has 0 aromatic heterocycles. The minimum atomic E-state index is -0.134. The highest BCUT2D eigenvalue weighted by molar-refractivity contribution is 5.99. The summed E-state index contributed by atoms with van der Waals surface area (Å²) in [4.78, 5) is 14.5. The van der Waals surface area contributed by atoms with Gasteiger partial charge in [-0.3, -0.25) is 4.79 Å². The fraction of sp³-hybridized carbons (Fsp3) is 0.533. The van der Waals surface area contributed by atoms with Gasteiger partial charge in [0.05, 0.1) is 6.04 Å². The van der Waals surface area contributed by atoms with Crippen LogP contribution >= 0.6 is 0 Å². The van der Waals surface area contributed by atoms with Crippen molar-refractivity contribution in [1.82, 2.24) is 5.32 Å². The van der Waals surface area contributed by atoms with E-state index in [0.717, 1.165) is 12.1 Å². The van der Waals surface area contributed by atoms with Gasteiger partial charge in [-0.1, -0.05) is 32.0 Å². The predicted octanol–water partition coefficient (Wildman–Crippen LogP) is 2.21. The molecule has 18 heavy (non-hydrogen) atoms. The van der Waals surface area contributed by atoms with Crippen molar-refractivity contribution in [2.45, 2.75) is 33.2 Å². The zero-order valence-corrected chi connectivity index (χ0v) is 11.7.